The van der Waals surface area contributed by atoms with Crippen LogP contribution in [-0.4, -0.2) is 23.2 Å². The van der Waals surface area contributed by atoms with Gasteiger partial charge >= 0.3 is 5.97 Å². The Morgan fingerprint density at radius 3 is 2.74 bits per heavy atom. The second-order valence-electron chi connectivity index (χ2n) is 4.70. The van der Waals surface area contributed by atoms with Crippen molar-refractivity contribution in [3.63, 3.8) is 0 Å². The van der Waals surface area contributed by atoms with Gasteiger partial charge in [0.25, 0.3) is 0 Å². The maximum absolute atomic E-state index is 12.1. The number of benzene rings is 1. The van der Waals surface area contributed by atoms with Crippen LogP contribution in [0.15, 0.2) is 29.2 Å². The zero-order valence-electron chi connectivity index (χ0n) is 10.8. The Hall–Kier alpha value is -1.49. The van der Waals surface area contributed by atoms with Crippen molar-refractivity contribution < 1.29 is 14.7 Å². The minimum absolute atomic E-state index is 0.178. The number of carboxylic acid groups (broad SMARTS) is 1. The SMILES string of the molecule is CSc1cccc(NC(=O)C2CCCC2C(=O)O)c1. The molecule has 0 saturated heterocycles. The van der Waals surface area contributed by atoms with Crippen molar-refractivity contribution in [1.82, 2.24) is 0 Å². The first-order valence-corrected chi connectivity index (χ1v) is 7.52. The van der Waals surface area contributed by atoms with Gasteiger partial charge in [-0.25, -0.2) is 0 Å². The average molecular weight is 279 g/mol. The van der Waals surface area contributed by atoms with Gasteiger partial charge in [0.05, 0.1) is 11.8 Å². The Labute approximate surface area is 116 Å². The third-order valence-electron chi connectivity index (χ3n) is 3.51. The normalized spacial score (nSPS) is 22.2. The van der Waals surface area contributed by atoms with Crippen LogP contribution in [0.4, 0.5) is 5.69 Å². The third kappa shape index (κ3) is 3.29. The van der Waals surface area contributed by atoms with Crippen molar-refractivity contribution in [1.29, 1.82) is 0 Å². The maximum atomic E-state index is 12.1. The smallest absolute Gasteiger partial charge is 0.307 e. The fourth-order valence-electron chi connectivity index (χ4n) is 2.51. The minimum Gasteiger partial charge on any atom is -0.481 e. The summed E-state index contributed by atoms with van der Waals surface area (Å²) in [5.74, 6) is -1.99. The number of aliphatic carboxylic acids is 1. The summed E-state index contributed by atoms with van der Waals surface area (Å²) in [7, 11) is 0. The number of anilines is 1. The van der Waals surface area contributed by atoms with Crippen LogP contribution >= 0.6 is 11.8 Å². The molecule has 1 aromatic rings. The second kappa shape index (κ2) is 6.10. The monoisotopic (exact) mass is 279 g/mol. The highest BCUT2D eigenvalue weighted by molar-refractivity contribution is 7.98. The van der Waals surface area contributed by atoms with Crippen molar-refractivity contribution in [2.75, 3.05) is 11.6 Å². The molecule has 0 aromatic heterocycles. The number of amides is 1. The van der Waals surface area contributed by atoms with E-state index in [2.05, 4.69) is 5.32 Å². The topological polar surface area (TPSA) is 66.4 Å². The number of hydrogen-bond acceptors (Lipinski definition) is 3. The van der Waals surface area contributed by atoms with Crippen LogP contribution in [0.3, 0.4) is 0 Å². The minimum atomic E-state index is -0.865. The fraction of sp³-hybridized carbons (Fsp3) is 0.429. The molecule has 102 valence electrons. The van der Waals surface area contributed by atoms with Crippen LogP contribution in [0.25, 0.3) is 0 Å². The molecule has 0 radical (unpaired) electrons. The van der Waals surface area contributed by atoms with E-state index in [1.807, 2.05) is 30.5 Å². The number of rotatable bonds is 4. The predicted molar refractivity (Wildman–Crippen MR) is 75.3 cm³/mol. The van der Waals surface area contributed by atoms with Crippen LogP contribution < -0.4 is 5.32 Å². The van der Waals surface area contributed by atoms with E-state index in [0.717, 1.165) is 17.0 Å². The molecule has 1 amide bonds. The molecule has 1 saturated carbocycles. The number of carboxylic acids is 1. The van der Waals surface area contributed by atoms with Gasteiger partial charge in [-0.15, -0.1) is 11.8 Å². The predicted octanol–water partition coefficient (Wildman–Crippen LogP) is 2.85. The van der Waals surface area contributed by atoms with Crippen molar-refractivity contribution >= 4 is 29.3 Å². The molecule has 4 nitrogen and oxygen atoms in total. The zero-order valence-corrected chi connectivity index (χ0v) is 11.6. The molecule has 5 heteroatoms. The number of thioether (sulfide) groups is 1. The van der Waals surface area contributed by atoms with Crippen molar-refractivity contribution in [3.05, 3.63) is 24.3 Å². The highest BCUT2D eigenvalue weighted by Crippen LogP contribution is 2.33. The Balaban J connectivity index is 2.06. The summed E-state index contributed by atoms with van der Waals surface area (Å²) in [5, 5.41) is 11.9. The van der Waals surface area contributed by atoms with Crippen LogP contribution in [0, 0.1) is 11.8 Å². The van der Waals surface area contributed by atoms with Crippen LogP contribution in [0.1, 0.15) is 19.3 Å². The van der Waals surface area contributed by atoms with E-state index >= 15 is 0 Å². The van der Waals surface area contributed by atoms with Gasteiger partial charge < -0.3 is 10.4 Å². The maximum Gasteiger partial charge on any atom is 0.307 e. The van der Waals surface area contributed by atoms with Gasteiger partial charge in [0.1, 0.15) is 0 Å². The average Bonchev–Trinajstić information content (AvgIpc) is 2.88. The second-order valence-corrected chi connectivity index (χ2v) is 5.58. The Morgan fingerprint density at radius 1 is 1.32 bits per heavy atom. The molecule has 0 bridgehead atoms. The van der Waals surface area contributed by atoms with Gasteiger partial charge in [0.15, 0.2) is 0 Å². The Kier molecular flexibility index (Phi) is 4.47. The lowest BCUT2D eigenvalue weighted by Crippen LogP contribution is -2.29. The Bertz CT molecular complexity index is 489. The summed E-state index contributed by atoms with van der Waals surface area (Å²) in [6.07, 6.45) is 4.03. The van der Waals surface area contributed by atoms with E-state index in [1.165, 1.54) is 0 Å². The molecule has 0 spiro atoms. The van der Waals surface area contributed by atoms with Gasteiger partial charge in [-0.2, -0.15) is 0 Å². The van der Waals surface area contributed by atoms with Crippen LogP contribution in [-0.2, 0) is 9.59 Å². The van der Waals surface area contributed by atoms with E-state index in [-0.39, 0.29) is 5.91 Å². The highest BCUT2D eigenvalue weighted by Gasteiger charge is 2.37. The number of carbonyl (C=O) groups is 2. The fourth-order valence-corrected chi connectivity index (χ4v) is 2.96. The Morgan fingerprint density at radius 2 is 2.05 bits per heavy atom. The summed E-state index contributed by atoms with van der Waals surface area (Å²) in [6, 6.07) is 7.57. The largest absolute Gasteiger partial charge is 0.481 e. The lowest BCUT2D eigenvalue weighted by atomic mass is 9.95. The summed E-state index contributed by atoms with van der Waals surface area (Å²) >= 11 is 1.60. The summed E-state index contributed by atoms with van der Waals surface area (Å²) in [5.41, 5.74) is 0.730. The first kappa shape index (κ1) is 13.9. The molecule has 19 heavy (non-hydrogen) atoms. The van der Waals surface area contributed by atoms with E-state index in [1.54, 1.807) is 11.8 Å². The van der Waals surface area contributed by atoms with Gasteiger partial charge in [-0.1, -0.05) is 12.5 Å². The van der Waals surface area contributed by atoms with Crippen molar-refractivity contribution in [2.45, 2.75) is 24.2 Å². The molecule has 1 aliphatic rings. The number of hydrogen-bond donors (Lipinski definition) is 2. The summed E-state index contributed by atoms with van der Waals surface area (Å²) in [4.78, 5) is 24.3. The molecule has 1 aliphatic carbocycles. The molecule has 2 unspecified atom stereocenters. The zero-order chi connectivity index (χ0) is 13.8. The molecular formula is C14H17NO3S. The summed E-state index contributed by atoms with van der Waals surface area (Å²) < 4.78 is 0. The van der Waals surface area contributed by atoms with Crippen molar-refractivity contribution in [3.8, 4) is 0 Å². The lowest BCUT2D eigenvalue weighted by molar-refractivity contribution is -0.145. The van der Waals surface area contributed by atoms with Gasteiger partial charge in [0, 0.05) is 10.6 Å². The van der Waals surface area contributed by atoms with E-state index in [4.69, 9.17) is 5.11 Å². The van der Waals surface area contributed by atoms with Gasteiger partial charge in [-0.3, -0.25) is 9.59 Å². The number of carbonyl (C=O) groups excluding carboxylic acids is 1. The van der Waals surface area contributed by atoms with Gasteiger partial charge in [-0.05, 0) is 37.3 Å². The molecule has 0 aliphatic heterocycles. The third-order valence-corrected chi connectivity index (χ3v) is 4.23. The molecule has 1 fully saturated rings. The molecule has 2 atom stereocenters. The number of nitrogens with one attached hydrogen (secondary N) is 1. The molecule has 2 rings (SSSR count). The standard InChI is InChI=1S/C14H17NO3S/c1-19-10-5-2-4-9(8-10)15-13(16)11-6-3-7-12(11)14(17)18/h2,4-5,8,11-12H,3,6-7H2,1H3,(H,15,16)(H,17,18). The first-order chi connectivity index (χ1) is 9.11. The van der Waals surface area contributed by atoms with Crippen LogP contribution in [0.5, 0.6) is 0 Å². The van der Waals surface area contributed by atoms with Crippen LogP contribution in [0.2, 0.25) is 0 Å². The quantitative estimate of drug-likeness (QED) is 0.832. The van der Waals surface area contributed by atoms with Gasteiger partial charge in [0.2, 0.25) is 5.91 Å². The van der Waals surface area contributed by atoms with Crippen molar-refractivity contribution in [2.24, 2.45) is 11.8 Å². The van der Waals surface area contributed by atoms with E-state index in [0.29, 0.717) is 12.8 Å². The molecule has 0 heterocycles. The summed E-state index contributed by atoms with van der Waals surface area (Å²) in [6.45, 7) is 0. The lowest BCUT2D eigenvalue weighted by Gasteiger charge is -2.15. The first-order valence-electron chi connectivity index (χ1n) is 6.29. The molecular weight excluding hydrogens is 262 g/mol. The molecule has 2 N–H and O–H groups in total. The van der Waals surface area contributed by atoms with E-state index < -0.39 is 17.8 Å². The molecule has 1 aromatic carbocycles. The van der Waals surface area contributed by atoms with E-state index in [9.17, 15) is 9.59 Å². The highest BCUT2D eigenvalue weighted by atomic mass is 32.2.